The van der Waals surface area contributed by atoms with Crippen LogP contribution in [0.15, 0.2) is 59.9 Å². The van der Waals surface area contributed by atoms with Gasteiger partial charge in [-0.15, -0.1) is 0 Å². The summed E-state index contributed by atoms with van der Waals surface area (Å²) in [5.74, 6) is -2.50. The number of hydrogen-bond donors (Lipinski definition) is 4. The Labute approximate surface area is 178 Å². The molecule has 0 spiro atoms. The number of rotatable bonds is 6. The number of carboxylic acids is 2. The van der Waals surface area contributed by atoms with E-state index >= 15 is 0 Å². The van der Waals surface area contributed by atoms with E-state index < -0.39 is 34.4 Å². The number of hydrogen-bond acceptors (Lipinski definition) is 8. The summed E-state index contributed by atoms with van der Waals surface area (Å²) in [7, 11) is 0. The van der Waals surface area contributed by atoms with Gasteiger partial charge in [-0.3, -0.25) is 4.79 Å². The molecule has 1 aromatic carbocycles. The predicted octanol–water partition coefficient (Wildman–Crippen LogP) is 1.79. The lowest BCUT2D eigenvalue weighted by Gasteiger charge is -2.12. The van der Waals surface area contributed by atoms with Crippen LogP contribution in [0.4, 0.5) is 5.82 Å². The van der Waals surface area contributed by atoms with E-state index in [1.165, 1.54) is 35.3 Å². The maximum absolute atomic E-state index is 12.1. The van der Waals surface area contributed by atoms with Gasteiger partial charge in [0.1, 0.15) is 29.0 Å². The minimum Gasteiger partial charge on any atom is -0.478 e. The van der Waals surface area contributed by atoms with Crippen molar-refractivity contribution in [1.82, 2.24) is 24.7 Å². The van der Waals surface area contributed by atoms with E-state index in [2.05, 4.69) is 20.1 Å². The number of nitrogens with two attached hydrogens (primary N) is 1. The third-order valence-corrected chi connectivity index (χ3v) is 4.40. The van der Waals surface area contributed by atoms with Crippen LogP contribution in [0, 0.1) is 0 Å². The van der Waals surface area contributed by atoms with E-state index in [9.17, 15) is 24.6 Å². The number of aromatic nitrogens is 5. The number of carboxylic acid groups (broad SMARTS) is 2. The smallest absolute Gasteiger partial charge is 0.342 e. The second-order valence-corrected chi connectivity index (χ2v) is 6.39. The number of H-pyrrole nitrogens is 1. The fourth-order valence-corrected chi connectivity index (χ4v) is 3.06. The number of carbonyl (C=O) groups is 2. The number of anilines is 1. The summed E-state index contributed by atoms with van der Waals surface area (Å²) >= 11 is 0. The third kappa shape index (κ3) is 3.75. The molecule has 0 aliphatic rings. The van der Waals surface area contributed by atoms with Gasteiger partial charge in [-0.05, 0) is 23.8 Å². The average Bonchev–Trinajstić information content (AvgIpc) is 3.28. The van der Waals surface area contributed by atoms with Crippen molar-refractivity contribution in [3.8, 4) is 28.6 Å². The first-order chi connectivity index (χ1) is 15.3. The maximum Gasteiger partial charge on any atom is 0.342 e. The molecule has 160 valence electrons. The van der Waals surface area contributed by atoms with E-state index in [-0.39, 0.29) is 17.0 Å². The van der Waals surface area contributed by atoms with Crippen molar-refractivity contribution in [2.45, 2.75) is 0 Å². The predicted molar refractivity (Wildman–Crippen MR) is 110 cm³/mol. The Hall–Kier alpha value is -5.00. The molecule has 5 N–H and O–H groups in total. The molecule has 3 aromatic heterocycles. The highest BCUT2D eigenvalue weighted by atomic mass is 16.5. The standard InChI is InChI=1S/C20H14N6O6/c21-17-15(19(28)29)14(16(20(30)31)18(27)25-17)10-2-4-11(5-3-10)32-13-8-12(22-9-23-13)26-7-1-6-24-26/h1-9H,(H,28,29)(H,30,31)(H3,21,25,27). The highest BCUT2D eigenvalue weighted by molar-refractivity contribution is 6.07. The molecular weight excluding hydrogens is 420 g/mol. The van der Waals surface area contributed by atoms with E-state index in [0.717, 1.165) is 0 Å². The number of nitrogen functional groups attached to an aromatic ring is 1. The van der Waals surface area contributed by atoms with E-state index in [1.807, 2.05) is 0 Å². The largest absolute Gasteiger partial charge is 0.478 e. The first-order valence-electron chi connectivity index (χ1n) is 8.98. The molecule has 3 heterocycles. The lowest BCUT2D eigenvalue weighted by Crippen LogP contribution is -2.24. The number of pyridine rings is 1. The number of nitrogens with one attached hydrogen (secondary N) is 1. The first-order valence-corrected chi connectivity index (χ1v) is 8.98. The Morgan fingerprint density at radius 2 is 1.78 bits per heavy atom. The molecule has 0 radical (unpaired) electrons. The zero-order valence-corrected chi connectivity index (χ0v) is 16.1. The summed E-state index contributed by atoms with van der Waals surface area (Å²) in [6.07, 6.45) is 4.60. The molecule has 0 fully saturated rings. The van der Waals surface area contributed by atoms with Gasteiger partial charge in [0, 0.05) is 24.0 Å². The van der Waals surface area contributed by atoms with Gasteiger partial charge in [0.15, 0.2) is 5.82 Å². The minimum absolute atomic E-state index is 0.157. The molecule has 12 heteroatoms. The Morgan fingerprint density at radius 1 is 1.06 bits per heavy atom. The zero-order chi connectivity index (χ0) is 22.8. The molecule has 0 saturated carbocycles. The van der Waals surface area contributed by atoms with Gasteiger partial charge in [-0.25, -0.2) is 24.2 Å². The second kappa shape index (κ2) is 8.02. The number of aromatic carboxylic acids is 2. The molecule has 4 aromatic rings. The quantitative estimate of drug-likeness (QED) is 0.348. The summed E-state index contributed by atoms with van der Waals surface area (Å²) in [6.45, 7) is 0. The van der Waals surface area contributed by atoms with Gasteiger partial charge < -0.3 is 25.7 Å². The Morgan fingerprint density at radius 3 is 2.41 bits per heavy atom. The summed E-state index contributed by atoms with van der Waals surface area (Å²) in [6, 6.07) is 9.07. The van der Waals surface area contributed by atoms with E-state index in [1.54, 1.807) is 24.5 Å². The molecule has 0 bridgehead atoms. The van der Waals surface area contributed by atoms with Gasteiger partial charge in [-0.2, -0.15) is 5.10 Å². The summed E-state index contributed by atoms with van der Waals surface area (Å²) < 4.78 is 7.22. The normalized spacial score (nSPS) is 10.6. The van der Waals surface area contributed by atoms with Crippen LogP contribution < -0.4 is 16.0 Å². The molecule has 0 atom stereocenters. The van der Waals surface area contributed by atoms with Gasteiger partial charge in [0.2, 0.25) is 5.88 Å². The average molecular weight is 434 g/mol. The Kier molecular flexibility index (Phi) is 5.09. The summed E-state index contributed by atoms with van der Waals surface area (Å²) in [5.41, 5.74) is 3.23. The SMILES string of the molecule is Nc1[nH]c(=O)c(C(=O)O)c(-c2ccc(Oc3cc(-n4cccn4)ncn3)cc2)c1C(=O)O. The molecule has 12 nitrogen and oxygen atoms in total. The van der Waals surface area contributed by atoms with Gasteiger partial charge in [0.25, 0.3) is 5.56 Å². The van der Waals surface area contributed by atoms with Crippen LogP contribution in [0.1, 0.15) is 20.7 Å². The highest BCUT2D eigenvalue weighted by Crippen LogP contribution is 2.31. The number of nitrogens with zero attached hydrogens (tertiary/aromatic N) is 4. The number of ether oxygens (including phenoxy) is 1. The lowest BCUT2D eigenvalue weighted by molar-refractivity contribution is 0.0695. The zero-order valence-electron chi connectivity index (χ0n) is 16.1. The van der Waals surface area contributed by atoms with Crippen molar-refractivity contribution in [3.05, 3.63) is 76.6 Å². The first kappa shape index (κ1) is 20.3. The van der Waals surface area contributed by atoms with Crippen molar-refractivity contribution in [2.75, 3.05) is 5.73 Å². The topological polar surface area (TPSA) is 186 Å². The van der Waals surface area contributed by atoms with Crippen LogP contribution in [-0.2, 0) is 0 Å². The molecule has 0 aliphatic heterocycles. The number of benzene rings is 1. The van der Waals surface area contributed by atoms with Crippen LogP contribution in [0.5, 0.6) is 11.6 Å². The van der Waals surface area contributed by atoms with Crippen LogP contribution in [0.3, 0.4) is 0 Å². The van der Waals surface area contributed by atoms with Gasteiger partial charge in [0.05, 0.1) is 0 Å². The number of aromatic amines is 1. The fourth-order valence-electron chi connectivity index (χ4n) is 3.06. The van der Waals surface area contributed by atoms with Crippen molar-refractivity contribution < 1.29 is 24.5 Å². The minimum atomic E-state index is -1.59. The van der Waals surface area contributed by atoms with Crippen molar-refractivity contribution in [1.29, 1.82) is 0 Å². The van der Waals surface area contributed by atoms with Crippen LogP contribution >= 0.6 is 0 Å². The van der Waals surface area contributed by atoms with Crippen LogP contribution in [-0.4, -0.2) is 46.9 Å². The Balaban J connectivity index is 1.71. The molecular formula is C20H14N6O6. The summed E-state index contributed by atoms with van der Waals surface area (Å²) in [5, 5.41) is 23.1. The molecule has 4 rings (SSSR count). The molecule has 0 saturated heterocycles. The Bertz CT molecular complexity index is 1380. The monoisotopic (exact) mass is 434 g/mol. The molecule has 0 unspecified atom stereocenters. The highest BCUT2D eigenvalue weighted by Gasteiger charge is 2.26. The van der Waals surface area contributed by atoms with E-state index in [4.69, 9.17) is 10.5 Å². The van der Waals surface area contributed by atoms with Crippen molar-refractivity contribution >= 4 is 17.8 Å². The molecule has 0 aliphatic carbocycles. The van der Waals surface area contributed by atoms with Gasteiger partial charge in [-0.1, -0.05) is 12.1 Å². The molecule has 32 heavy (non-hydrogen) atoms. The lowest BCUT2D eigenvalue weighted by atomic mass is 9.95. The molecule has 0 amide bonds. The second-order valence-electron chi connectivity index (χ2n) is 6.39. The van der Waals surface area contributed by atoms with Crippen molar-refractivity contribution in [2.24, 2.45) is 0 Å². The van der Waals surface area contributed by atoms with E-state index in [0.29, 0.717) is 11.6 Å². The van der Waals surface area contributed by atoms with Crippen LogP contribution in [0.2, 0.25) is 0 Å². The third-order valence-electron chi connectivity index (χ3n) is 4.40. The van der Waals surface area contributed by atoms with Crippen molar-refractivity contribution in [3.63, 3.8) is 0 Å². The maximum atomic E-state index is 12.1. The fraction of sp³-hybridized carbons (Fsp3) is 0. The summed E-state index contributed by atoms with van der Waals surface area (Å²) in [4.78, 5) is 45.7. The van der Waals surface area contributed by atoms with Gasteiger partial charge >= 0.3 is 11.9 Å². The van der Waals surface area contributed by atoms with Crippen LogP contribution in [0.25, 0.3) is 16.9 Å².